The summed E-state index contributed by atoms with van der Waals surface area (Å²) in [5.74, 6) is -0.263. The zero-order valence-electron chi connectivity index (χ0n) is 10.5. The summed E-state index contributed by atoms with van der Waals surface area (Å²) in [6.07, 6.45) is 1.98. The summed E-state index contributed by atoms with van der Waals surface area (Å²) in [7, 11) is 0. The Bertz CT molecular complexity index is 746. The molecule has 1 nitrogen and oxygen atoms in total. The van der Waals surface area contributed by atoms with Crippen LogP contribution in [0.3, 0.4) is 0 Å². The molecule has 19 heavy (non-hydrogen) atoms. The Hall–Kier alpha value is -1.80. The van der Waals surface area contributed by atoms with E-state index in [9.17, 15) is 4.39 Å². The van der Waals surface area contributed by atoms with E-state index in [4.69, 9.17) is 11.6 Å². The number of fused-ring (bicyclic) bond motifs is 1. The molecule has 96 valence electrons. The molecule has 0 unspecified atom stereocenters. The second-order valence-corrected chi connectivity index (χ2v) is 5.18. The van der Waals surface area contributed by atoms with Gasteiger partial charge in [-0.1, -0.05) is 29.3 Å². The molecule has 0 aliphatic carbocycles. The van der Waals surface area contributed by atoms with Gasteiger partial charge in [-0.05, 0) is 42.6 Å². The van der Waals surface area contributed by atoms with Crippen molar-refractivity contribution in [3.63, 3.8) is 0 Å². The Morgan fingerprint density at radius 3 is 2.74 bits per heavy atom. The minimum absolute atomic E-state index is 0.263. The first-order valence-corrected chi connectivity index (χ1v) is 6.51. The van der Waals surface area contributed by atoms with E-state index < -0.39 is 0 Å². The van der Waals surface area contributed by atoms with Crippen LogP contribution in [-0.2, 0) is 6.54 Å². The van der Waals surface area contributed by atoms with Gasteiger partial charge in [0.25, 0.3) is 0 Å². The lowest BCUT2D eigenvalue weighted by atomic mass is 10.2. The van der Waals surface area contributed by atoms with E-state index in [-0.39, 0.29) is 5.82 Å². The van der Waals surface area contributed by atoms with Gasteiger partial charge in [-0.15, -0.1) is 0 Å². The molecule has 1 aromatic heterocycles. The summed E-state index contributed by atoms with van der Waals surface area (Å²) in [6.45, 7) is 2.57. The third-order valence-electron chi connectivity index (χ3n) is 3.28. The van der Waals surface area contributed by atoms with Crippen molar-refractivity contribution in [2.75, 3.05) is 0 Å². The lowest BCUT2D eigenvalue weighted by molar-refractivity contribution is 0.602. The highest BCUT2D eigenvalue weighted by atomic mass is 35.5. The minimum atomic E-state index is -0.263. The third-order valence-corrected chi connectivity index (χ3v) is 3.52. The Morgan fingerprint density at radius 1 is 1.11 bits per heavy atom. The Kier molecular flexibility index (Phi) is 3.03. The number of benzene rings is 2. The molecule has 0 N–H and O–H groups in total. The first-order valence-electron chi connectivity index (χ1n) is 6.13. The van der Waals surface area contributed by atoms with Crippen LogP contribution in [0.1, 0.15) is 11.1 Å². The van der Waals surface area contributed by atoms with Crippen molar-refractivity contribution in [1.29, 1.82) is 0 Å². The van der Waals surface area contributed by atoms with Crippen molar-refractivity contribution in [3.05, 3.63) is 70.6 Å². The van der Waals surface area contributed by atoms with E-state index in [0.717, 1.165) is 5.52 Å². The molecule has 0 atom stereocenters. The largest absolute Gasteiger partial charge is 0.343 e. The van der Waals surface area contributed by atoms with E-state index in [1.54, 1.807) is 12.1 Å². The van der Waals surface area contributed by atoms with E-state index >= 15 is 0 Å². The van der Waals surface area contributed by atoms with Gasteiger partial charge in [-0.25, -0.2) is 4.39 Å². The van der Waals surface area contributed by atoms with Crippen molar-refractivity contribution in [2.45, 2.75) is 13.5 Å². The van der Waals surface area contributed by atoms with Crippen molar-refractivity contribution in [2.24, 2.45) is 0 Å². The number of hydrogen-bond donors (Lipinski definition) is 0. The fourth-order valence-corrected chi connectivity index (χ4v) is 2.45. The number of rotatable bonds is 2. The average Bonchev–Trinajstić information content (AvgIpc) is 2.75. The lowest BCUT2D eigenvalue weighted by Crippen LogP contribution is -2.00. The topological polar surface area (TPSA) is 4.93 Å². The van der Waals surface area contributed by atoms with Gasteiger partial charge < -0.3 is 4.57 Å². The highest BCUT2D eigenvalue weighted by Gasteiger charge is 2.06. The molecule has 0 radical (unpaired) electrons. The van der Waals surface area contributed by atoms with Gasteiger partial charge in [0, 0.05) is 22.3 Å². The van der Waals surface area contributed by atoms with Crippen LogP contribution in [0.15, 0.2) is 48.7 Å². The van der Waals surface area contributed by atoms with Crippen LogP contribution in [0, 0.1) is 12.7 Å². The van der Waals surface area contributed by atoms with Gasteiger partial charge in [-0.3, -0.25) is 0 Å². The predicted molar refractivity (Wildman–Crippen MR) is 77.2 cm³/mol. The van der Waals surface area contributed by atoms with Crippen LogP contribution >= 0.6 is 11.6 Å². The molecular weight excluding hydrogens is 261 g/mol. The molecule has 2 aromatic carbocycles. The second-order valence-electron chi connectivity index (χ2n) is 4.74. The Balaban J connectivity index is 2.01. The van der Waals surface area contributed by atoms with Crippen LogP contribution in [0.5, 0.6) is 0 Å². The van der Waals surface area contributed by atoms with Crippen LogP contribution in [0.4, 0.5) is 4.39 Å². The number of halogens is 2. The van der Waals surface area contributed by atoms with Crippen LogP contribution in [0.25, 0.3) is 10.9 Å². The number of nitrogens with zero attached hydrogens (tertiary/aromatic N) is 1. The van der Waals surface area contributed by atoms with Gasteiger partial charge >= 0.3 is 0 Å². The summed E-state index contributed by atoms with van der Waals surface area (Å²) in [5, 5.41) is 1.60. The van der Waals surface area contributed by atoms with Crippen molar-refractivity contribution in [1.82, 2.24) is 4.57 Å². The maximum atomic E-state index is 13.8. The number of aryl methyl sites for hydroxylation is 1. The summed E-state index contributed by atoms with van der Waals surface area (Å²) in [4.78, 5) is 0. The summed E-state index contributed by atoms with van der Waals surface area (Å²) >= 11 is 5.76. The Morgan fingerprint density at radius 2 is 1.95 bits per heavy atom. The van der Waals surface area contributed by atoms with E-state index in [0.29, 0.717) is 17.1 Å². The molecule has 3 aromatic rings. The molecule has 0 amide bonds. The highest BCUT2D eigenvalue weighted by molar-refractivity contribution is 6.30. The van der Waals surface area contributed by atoms with Gasteiger partial charge in [0.05, 0.1) is 6.54 Å². The first kappa shape index (κ1) is 12.2. The monoisotopic (exact) mass is 273 g/mol. The lowest BCUT2D eigenvalue weighted by Gasteiger charge is -2.07. The smallest absolute Gasteiger partial charge is 0.129 e. The average molecular weight is 274 g/mol. The normalized spacial score (nSPS) is 11.1. The van der Waals surface area contributed by atoms with Crippen LogP contribution in [-0.4, -0.2) is 4.57 Å². The van der Waals surface area contributed by atoms with Crippen LogP contribution < -0.4 is 0 Å². The number of aromatic nitrogens is 1. The molecule has 3 heteroatoms. The molecular formula is C16H13ClFN. The summed E-state index contributed by atoms with van der Waals surface area (Å²) < 4.78 is 15.9. The van der Waals surface area contributed by atoms with Crippen molar-refractivity contribution >= 4 is 22.5 Å². The second kappa shape index (κ2) is 4.71. The Labute approximate surface area is 116 Å². The molecule has 0 spiro atoms. The number of hydrogen-bond acceptors (Lipinski definition) is 0. The SMILES string of the molecule is Cc1ccc2c(ccn2Cc2ccc(Cl)cc2F)c1. The summed E-state index contributed by atoms with van der Waals surface area (Å²) in [5.41, 5.74) is 2.98. The minimum Gasteiger partial charge on any atom is -0.343 e. The van der Waals surface area contributed by atoms with Crippen molar-refractivity contribution < 1.29 is 4.39 Å². The quantitative estimate of drug-likeness (QED) is 0.633. The zero-order valence-corrected chi connectivity index (χ0v) is 11.3. The standard InChI is InChI=1S/C16H13ClFN/c1-11-2-5-16-12(8-11)6-7-19(16)10-13-3-4-14(17)9-15(13)18/h2-9H,10H2,1H3. The van der Waals surface area contributed by atoms with Gasteiger partial charge in [0.2, 0.25) is 0 Å². The van der Waals surface area contributed by atoms with E-state index in [1.165, 1.54) is 17.0 Å². The third kappa shape index (κ3) is 2.36. The van der Waals surface area contributed by atoms with Gasteiger partial charge in [0.15, 0.2) is 0 Å². The van der Waals surface area contributed by atoms with E-state index in [2.05, 4.69) is 31.2 Å². The highest BCUT2D eigenvalue weighted by Crippen LogP contribution is 2.21. The fraction of sp³-hybridized carbons (Fsp3) is 0.125. The van der Waals surface area contributed by atoms with Crippen molar-refractivity contribution in [3.8, 4) is 0 Å². The molecule has 0 aliphatic heterocycles. The first-order chi connectivity index (χ1) is 9.13. The molecule has 0 fully saturated rings. The molecule has 3 rings (SSSR count). The van der Waals surface area contributed by atoms with Gasteiger partial charge in [-0.2, -0.15) is 0 Å². The fourth-order valence-electron chi connectivity index (χ4n) is 2.29. The molecule has 0 bridgehead atoms. The molecule has 0 saturated heterocycles. The maximum Gasteiger partial charge on any atom is 0.129 e. The predicted octanol–water partition coefficient (Wildman–Crippen LogP) is 4.79. The molecule has 1 heterocycles. The molecule has 0 saturated carbocycles. The maximum absolute atomic E-state index is 13.8. The molecule has 0 aliphatic rings. The van der Waals surface area contributed by atoms with Crippen LogP contribution in [0.2, 0.25) is 5.02 Å². The van der Waals surface area contributed by atoms with E-state index in [1.807, 2.05) is 10.8 Å². The zero-order chi connectivity index (χ0) is 13.4. The summed E-state index contributed by atoms with van der Waals surface area (Å²) in [6, 6.07) is 13.1. The van der Waals surface area contributed by atoms with Gasteiger partial charge in [0.1, 0.15) is 5.82 Å².